The van der Waals surface area contributed by atoms with Gasteiger partial charge in [0.2, 0.25) is 0 Å². The fourth-order valence-electron chi connectivity index (χ4n) is 4.84. The van der Waals surface area contributed by atoms with Crippen molar-refractivity contribution in [3.8, 4) is 0 Å². The number of hydroxylamine groups is 2. The zero-order chi connectivity index (χ0) is 25.7. The van der Waals surface area contributed by atoms with Crippen molar-refractivity contribution in [1.29, 1.82) is 0 Å². The summed E-state index contributed by atoms with van der Waals surface area (Å²) in [6, 6.07) is 4.21. The van der Waals surface area contributed by atoms with E-state index in [1.807, 2.05) is 36.2 Å². The highest BCUT2D eigenvalue weighted by Crippen LogP contribution is 2.39. The van der Waals surface area contributed by atoms with Crippen LogP contribution in [0, 0.1) is 0 Å². The normalized spacial score (nSPS) is 20.4. The van der Waals surface area contributed by atoms with Crippen LogP contribution in [-0.2, 0) is 24.5 Å². The highest BCUT2D eigenvalue weighted by molar-refractivity contribution is 7.96. The van der Waals surface area contributed by atoms with Gasteiger partial charge in [-0.3, -0.25) is 9.82 Å². The van der Waals surface area contributed by atoms with Crippen molar-refractivity contribution in [3.63, 3.8) is 0 Å². The second-order valence-corrected chi connectivity index (χ2v) is 9.98. The summed E-state index contributed by atoms with van der Waals surface area (Å²) in [6.45, 7) is 8.69. The molecular weight excluding hydrogens is 482 g/mol. The zero-order valence-corrected chi connectivity index (χ0v) is 22.1. The average Bonchev–Trinajstić information content (AvgIpc) is 3.25. The Morgan fingerprint density at radius 3 is 2.94 bits per heavy atom. The monoisotopic (exact) mass is 518 g/mol. The lowest BCUT2D eigenvalue weighted by Gasteiger charge is -2.36. The van der Waals surface area contributed by atoms with Gasteiger partial charge < -0.3 is 9.47 Å². The number of nitrogens with zero attached hydrogens (tertiary/aromatic N) is 6. The molecule has 2 aromatic rings. The molecule has 3 heterocycles. The van der Waals surface area contributed by atoms with Crippen LogP contribution in [0.2, 0.25) is 0 Å². The molecule has 2 unspecified atom stereocenters. The standard InChI is InChI=1S/C26H36F2N6OS/c1-5-7-13-22-30-20(17-34(36-4)21-12-8-10-19-11-9-14-29-23(19)21)24-25(26(27)28)35-32(18-33(22)24)16-15-31(3)6-2/h5,7,9,11,13-14,21,25-26H,1,6,8,10,12,15-18H2,2-4H3/b13-7-. The lowest BCUT2D eigenvalue weighted by atomic mass is 9.92. The third-order valence-electron chi connectivity index (χ3n) is 6.88. The third kappa shape index (κ3) is 5.89. The van der Waals surface area contributed by atoms with E-state index in [1.165, 1.54) is 5.56 Å². The van der Waals surface area contributed by atoms with E-state index in [9.17, 15) is 8.78 Å². The number of imidazole rings is 1. The van der Waals surface area contributed by atoms with Crippen molar-refractivity contribution in [2.75, 3.05) is 32.9 Å². The Kier molecular flexibility index (Phi) is 9.30. The lowest BCUT2D eigenvalue weighted by molar-refractivity contribution is -0.265. The van der Waals surface area contributed by atoms with Crippen LogP contribution in [0.25, 0.3) is 6.08 Å². The van der Waals surface area contributed by atoms with E-state index in [0.717, 1.165) is 38.0 Å². The van der Waals surface area contributed by atoms with Gasteiger partial charge >= 0.3 is 0 Å². The molecule has 1 aliphatic carbocycles. The SMILES string of the molecule is C=C/C=C\c1nc(CN(SC)C2CCCc3cccnc32)c2n1CN(CCN(C)CC)OC2C(F)F. The molecule has 0 spiro atoms. The highest BCUT2D eigenvalue weighted by atomic mass is 32.2. The van der Waals surface area contributed by atoms with Gasteiger partial charge in [-0.1, -0.05) is 43.7 Å². The Balaban J connectivity index is 1.67. The summed E-state index contributed by atoms with van der Waals surface area (Å²) in [4.78, 5) is 17.5. The van der Waals surface area contributed by atoms with Gasteiger partial charge in [0.15, 0.2) is 6.10 Å². The van der Waals surface area contributed by atoms with Gasteiger partial charge in [0.1, 0.15) is 12.5 Å². The molecule has 2 aromatic heterocycles. The first-order valence-corrected chi connectivity index (χ1v) is 13.7. The molecule has 36 heavy (non-hydrogen) atoms. The maximum atomic E-state index is 14.4. The van der Waals surface area contributed by atoms with E-state index in [4.69, 9.17) is 9.82 Å². The van der Waals surface area contributed by atoms with Gasteiger partial charge in [0.05, 0.1) is 29.7 Å². The van der Waals surface area contributed by atoms with Gasteiger partial charge in [-0.15, -0.1) is 0 Å². The summed E-state index contributed by atoms with van der Waals surface area (Å²) in [5.41, 5.74) is 3.40. The second-order valence-electron chi connectivity index (χ2n) is 9.14. The van der Waals surface area contributed by atoms with Gasteiger partial charge in [0, 0.05) is 19.3 Å². The molecule has 0 N–H and O–H groups in total. The molecule has 0 amide bonds. The molecule has 2 atom stereocenters. The summed E-state index contributed by atoms with van der Waals surface area (Å²) in [5, 5.41) is 1.63. The van der Waals surface area contributed by atoms with Crippen LogP contribution in [0.4, 0.5) is 8.78 Å². The van der Waals surface area contributed by atoms with Gasteiger partial charge in [-0.2, -0.15) is 5.06 Å². The lowest BCUT2D eigenvalue weighted by Crippen LogP contribution is -2.42. The number of pyridine rings is 1. The Labute approximate surface area is 216 Å². The number of fused-ring (bicyclic) bond motifs is 2. The topological polar surface area (TPSA) is 49.7 Å². The van der Waals surface area contributed by atoms with E-state index in [1.54, 1.807) is 29.2 Å². The minimum absolute atomic E-state index is 0.102. The first-order chi connectivity index (χ1) is 17.5. The van der Waals surface area contributed by atoms with Crippen molar-refractivity contribution in [3.05, 3.63) is 65.5 Å². The van der Waals surface area contributed by atoms with Crippen LogP contribution < -0.4 is 0 Å². The molecule has 0 radical (unpaired) electrons. The molecule has 0 aromatic carbocycles. The number of halogens is 2. The Bertz CT molecular complexity index is 1060. The maximum Gasteiger partial charge on any atom is 0.272 e. The number of hydrogen-bond acceptors (Lipinski definition) is 7. The molecule has 2 aliphatic rings. The van der Waals surface area contributed by atoms with Crippen LogP contribution in [0.15, 0.2) is 37.1 Å². The Hall–Kier alpha value is -2.11. The van der Waals surface area contributed by atoms with E-state index in [0.29, 0.717) is 37.0 Å². The number of likely N-dealkylation sites (N-methyl/N-ethyl adjacent to an activating group) is 1. The fraction of sp³-hybridized carbons (Fsp3) is 0.538. The summed E-state index contributed by atoms with van der Waals surface area (Å²) in [5.74, 6) is 0.630. The van der Waals surface area contributed by atoms with Crippen LogP contribution in [0.1, 0.15) is 60.4 Å². The van der Waals surface area contributed by atoms with Crippen LogP contribution >= 0.6 is 11.9 Å². The number of rotatable bonds is 11. The summed E-state index contributed by atoms with van der Waals surface area (Å²) >= 11 is 1.60. The quantitative estimate of drug-likeness (QED) is 0.303. The number of hydrogen-bond donors (Lipinski definition) is 0. The predicted octanol–water partition coefficient (Wildman–Crippen LogP) is 5.10. The smallest absolute Gasteiger partial charge is 0.272 e. The minimum Gasteiger partial charge on any atom is -0.310 e. The van der Waals surface area contributed by atoms with Crippen LogP contribution in [-0.4, -0.2) is 68.2 Å². The maximum absolute atomic E-state index is 14.4. The minimum atomic E-state index is -2.68. The molecular formula is C26H36F2N6OS. The molecule has 10 heteroatoms. The second kappa shape index (κ2) is 12.4. The Morgan fingerprint density at radius 2 is 2.22 bits per heavy atom. The van der Waals surface area contributed by atoms with E-state index in [2.05, 4.69) is 33.8 Å². The fourth-order valence-corrected chi connectivity index (χ4v) is 5.56. The van der Waals surface area contributed by atoms with Crippen molar-refractivity contribution in [1.82, 2.24) is 28.8 Å². The molecule has 4 rings (SSSR count). The first-order valence-electron chi connectivity index (χ1n) is 12.5. The molecule has 0 saturated heterocycles. The molecule has 7 nitrogen and oxygen atoms in total. The number of alkyl halides is 2. The highest BCUT2D eigenvalue weighted by Gasteiger charge is 2.39. The summed E-state index contributed by atoms with van der Waals surface area (Å²) in [6.07, 6.45) is 8.13. The van der Waals surface area contributed by atoms with E-state index in [-0.39, 0.29) is 6.04 Å². The molecule has 1 aliphatic heterocycles. The van der Waals surface area contributed by atoms with Crippen molar-refractivity contribution in [2.45, 2.75) is 58.0 Å². The van der Waals surface area contributed by atoms with Crippen molar-refractivity contribution >= 4 is 18.0 Å². The average molecular weight is 519 g/mol. The van der Waals surface area contributed by atoms with Crippen LogP contribution in [0.3, 0.4) is 0 Å². The number of allylic oxidation sites excluding steroid dienone is 2. The summed E-state index contributed by atoms with van der Waals surface area (Å²) < 4.78 is 32.9. The van der Waals surface area contributed by atoms with Gasteiger partial charge in [-0.05, 0) is 56.8 Å². The Morgan fingerprint density at radius 1 is 1.39 bits per heavy atom. The van der Waals surface area contributed by atoms with Crippen molar-refractivity contribution < 1.29 is 13.6 Å². The molecule has 196 valence electrons. The van der Waals surface area contributed by atoms with E-state index >= 15 is 0 Å². The van der Waals surface area contributed by atoms with Crippen molar-refractivity contribution in [2.24, 2.45) is 0 Å². The number of aromatic nitrogens is 3. The predicted molar refractivity (Wildman–Crippen MR) is 140 cm³/mol. The van der Waals surface area contributed by atoms with Gasteiger partial charge in [0.25, 0.3) is 6.43 Å². The summed E-state index contributed by atoms with van der Waals surface area (Å²) in [7, 11) is 2.00. The van der Waals surface area contributed by atoms with Crippen LogP contribution in [0.5, 0.6) is 0 Å². The largest absolute Gasteiger partial charge is 0.310 e. The third-order valence-corrected chi connectivity index (χ3v) is 7.73. The molecule has 0 saturated carbocycles. The molecule has 0 fully saturated rings. The zero-order valence-electron chi connectivity index (χ0n) is 21.3. The first kappa shape index (κ1) is 26.9. The number of aryl methyl sites for hydroxylation is 1. The van der Waals surface area contributed by atoms with Gasteiger partial charge in [-0.25, -0.2) is 18.1 Å². The van der Waals surface area contributed by atoms with E-state index < -0.39 is 12.5 Å². The molecule has 0 bridgehead atoms.